The van der Waals surface area contributed by atoms with Crippen molar-refractivity contribution in [2.24, 2.45) is 0 Å². The highest BCUT2D eigenvalue weighted by Crippen LogP contribution is 1.88. The third kappa shape index (κ3) is 3.06. The Hall–Kier alpha value is -0.810. The van der Waals surface area contributed by atoms with E-state index in [1.807, 2.05) is 0 Å². The van der Waals surface area contributed by atoms with Crippen molar-refractivity contribution in [1.29, 1.82) is 0 Å². The van der Waals surface area contributed by atoms with Crippen LogP contribution in [0.2, 0.25) is 0 Å². The third-order valence-electron chi connectivity index (χ3n) is 1.71. The number of hydrogen-bond donors (Lipinski definition) is 3. The van der Waals surface area contributed by atoms with Crippen molar-refractivity contribution < 1.29 is 9.53 Å². The SMILES string of the molecule is COCCNC(=O)NC1CNC1. The first-order valence-corrected chi connectivity index (χ1v) is 4.07. The van der Waals surface area contributed by atoms with E-state index in [0.29, 0.717) is 19.2 Å². The van der Waals surface area contributed by atoms with Gasteiger partial charge >= 0.3 is 6.03 Å². The Bertz CT molecular complexity index is 148. The fraction of sp³-hybridized carbons (Fsp3) is 0.857. The van der Waals surface area contributed by atoms with Gasteiger partial charge in [0.05, 0.1) is 12.6 Å². The van der Waals surface area contributed by atoms with E-state index >= 15 is 0 Å². The molecule has 0 aromatic carbocycles. The lowest BCUT2D eigenvalue weighted by Crippen LogP contribution is -2.58. The Morgan fingerprint density at radius 2 is 2.42 bits per heavy atom. The fourth-order valence-corrected chi connectivity index (χ4v) is 0.894. The summed E-state index contributed by atoms with van der Waals surface area (Å²) in [6, 6.07) is 0.186. The summed E-state index contributed by atoms with van der Waals surface area (Å²) < 4.78 is 4.78. The van der Waals surface area contributed by atoms with Gasteiger partial charge in [0.25, 0.3) is 0 Å². The molecule has 1 aliphatic rings. The van der Waals surface area contributed by atoms with Gasteiger partial charge < -0.3 is 20.7 Å². The van der Waals surface area contributed by atoms with Gasteiger partial charge in [0.15, 0.2) is 0 Å². The van der Waals surface area contributed by atoms with Crippen LogP contribution in [0.15, 0.2) is 0 Å². The smallest absolute Gasteiger partial charge is 0.315 e. The average molecular weight is 173 g/mol. The van der Waals surface area contributed by atoms with E-state index < -0.39 is 0 Å². The molecule has 12 heavy (non-hydrogen) atoms. The Morgan fingerprint density at radius 1 is 1.67 bits per heavy atom. The van der Waals surface area contributed by atoms with Gasteiger partial charge in [-0.15, -0.1) is 0 Å². The van der Waals surface area contributed by atoms with E-state index in [0.717, 1.165) is 13.1 Å². The molecule has 1 saturated heterocycles. The van der Waals surface area contributed by atoms with E-state index in [1.165, 1.54) is 0 Å². The number of carbonyl (C=O) groups is 1. The zero-order valence-corrected chi connectivity index (χ0v) is 7.22. The second kappa shape index (κ2) is 4.95. The summed E-state index contributed by atoms with van der Waals surface area (Å²) in [5, 5.41) is 8.55. The number of rotatable bonds is 4. The summed E-state index contributed by atoms with van der Waals surface area (Å²) in [5.41, 5.74) is 0. The highest BCUT2D eigenvalue weighted by Gasteiger charge is 2.17. The van der Waals surface area contributed by atoms with E-state index in [1.54, 1.807) is 7.11 Å². The molecule has 0 aromatic heterocycles. The van der Waals surface area contributed by atoms with Gasteiger partial charge in [-0.25, -0.2) is 4.79 Å². The van der Waals surface area contributed by atoms with Crippen LogP contribution in [0, 0.1) is 0 Å². The van der Waals surface area contributed by atoms with Crippen molar-refractivity contribution in [3.05, 3.63) is 0 Å². The number of ether oxygens (including phenoxy) is 1. The highest BCUT2D eigenvalue weighted by molar-refractivity contribution is 5.74. The van der Waals surface area contributed by atoms with Gasteiger partial charge in [0, 0.05) is 26.7 Å². The number of carbonyl (C=O) groups excluding carboxylic acids is 1. The van der Waals surface area contributed by atoms with Crippen LogP contribution in [-0.2, 0) is 4.74 Å². The van der Waals surface area contributed by atoms with Crippen LogP contribution >= 0.6 is 0 Å². The average Bonchev–Trinajstić information content (AvgIpc) is 1.98. The van der Waals surface area contributed by atoms with Crippen LogP contribution in [-0.4, -0.2) is 45.4 Å². The van der Waals surface area contributed by atoms with Crippen molar-refractivity contribution in [2.75, 3.05) is 33.4 Å². The summed E-state index contributed by atoms with van der Waals surface area (Å²) in [5.74, 6) is 0. The van der Waals surface area contributed by atoms with E-state index in [4.69, 9.17) is 4.74 Å². The minimum absolute atomic E-state index is 0.112. The number of amides is 2. The van der Waals surface area contributed by atoms with Crippen LogP contribution in [0.3, 0.4) is 0 Å². The zero-order valence-electron chi connectivity index (χ0n) is 7.22. The molecule has 5 nitrogen and oxygen atoms in total. The molecule has 1 heterocycles. The lowest BCUT2D eigenvalue weighted by atomic mass is 10.2. The van der Waals surface area contributed by atoms with Crippen LogP contribution in [0.25, 0.3) is 0 Å². The van der Waals surface area contributed by atoms with Gasteiger partial charge in [0.2, 0.25) is 0 Å². The molecule has 1 rings (SSSR count). The number of nitrogens with one attached hydrogen (secondary N) is 3. The predicted molar refractivity (Wildman–Crippen MR) is 45.1 cm³/mol. The molecule has 5 heteroatoms. The molecule has 1 fully saturated rings. The second-order valence-corrected chi connectivity index (χ2v) is 2.75. The van der Waals surface area contributed by atoms with Crippen LogP contribution in [0.5, 0.6) is 0 Å². The largest absolute Gasteiger partial charge is 0.383 e. The van der Waals surface area contributed by atoms with Gasteiger partial charge in [0.1, 0.15) is 0 Å². The normalized spacial score (nSPS) is 16.8. The molecule has 0 atom stereocenters. The van der Waals surface area contributed by atoms with E-state index in [9.17, 15) is 4.79 Å². The molecular formula is C7H15N3O2. The maximum absolute atomic E-state index is 11.0. The molecule has 1 aliphatic heterocycles. The quantitative estimate of drug-likeness (QED) is 0.473. The zero-order chi connectivity index (χ0) is 8.81. The van der Waals surface area contributed by atoms with Crippen molar-refractivity contribution in [3.8, 4) is 0 Å². The van der Waals surface area contributed by atoms with Gasteiger partial charge in [-0.1, -0.05) is 0 Å². The van der Waals surface area contributed by atoms with Crippen molar-refractivity contribution in [2.45, 2.75) is 6.04 Å². The van der Waals surface area contributed by atoms with Gasteiger partial charge in [-0.05, 0) is 0 Å². The molecule has 0 unspecified atom stereocenters. The second-order valence-electron chi connectivity index (χ2n) is 2.75. The van der Waals surface area contributed by atoms with Crippen molar-refractivity contribution in [1.82, 2.24) is 16.0 Å². The first-order valence-electron chi connectivity index (χ1n) is 4.07. The van der Waals surface area contributed by atoms with Crippen LogP contribution < -0.4 is 16.0 Å². The molecule has 0 bridgehead atoms. The Morgan fingerprint density at radius 3 is 2.92 bits per heavy atom. The standard InChI is InChI=1S/C7H15N3O2/c1-12-3-2-9-7(11)10-6-4-8-5-6/h6,8H,2-5H2,1H3,(H2,9,10,11). The minimum atomic E-state index is -0.112. The third-order valence-corrected chi connectivity index (χ3v) is 1.71. The van der Waals surface area contributed by atoms with Gasteiger partial charge in [-0.3, -0.25) is 0 Å². The summed E-state index contributed by atoms with van der Waals surface area (Å²) in [4.78, 5) is 11.0. The molecule has 0 radical (unpaired) electrons. The van der Waals surface area contributed by atoms with Crippen LogP contribution in [0.4, 0.5) is 4.79 Å². The van der Waals surface area contributed by atoms with Crippen molar-refractivity contribution in [3.63, 3.8) is 0 Å². The first kappa shape index (κ1) is 9.28. The van der Waals surface area contributed by atoms with Crippen LogP contribution in [0.1, 0.15) is 0 Å². The molecule has 3 N–H and O–H groups in total. The molecule has 0 aromatic rings. The Labute approximate surface area is 71.8 Å². The number of methoxy groups -OCH3 is 1. The molecule has 70 valence electrons. The van der Waals surface area contributed by atoms with Gasteiger partial charge in [-0.2, -0.15) is 0 Å². The number of urea groups is 1. The maximum Gasteiger partial charge on any atom is 0.315 e. The topological polar surface area (TPSA) is 62.4 Å². The Kier molecular flexibility index (Phi) is 3.83. The molecule has 0 aliphatic carbocycles. The first-order chi connectivity index (χ1) is 5.83. The lowest BCUT2D eigenvalue weighted by Gasteiger charge is -2.27. The minimum Gasteiger partial charge on any atom is -0.383 e. The monoisotopic (exact) mass is 173 g/mol. The fourth-order valence-electron chi connectivity index (χ4n) is 0.894. The van der Waals surface area contributed by atoms with Crippen molar-refractivity contribution >= 4 is 6.03 Å². The lowest BCUT2D eigenvalue weighted by molar-refractivity contribution is 0.194. The molecule has 2 amide bonds. The summed E-state index contributed by atoms with van der Waals surface area (Å²) in [7, 11) is 1.61. The Balaban J connectivity index is 1.95. The molecular weight excluding hydrogens is 158 g/mol. The molecule has 0 saturated carbocycles. The predicted octanol–water partition coefficient (Wildman–Crippen LogP) is -1.10. The van der Waals surface area contributed by atoms with E-state index in [-0.39, 0.29) is 6.03 Å². The summed E-state index contributed by atoms with van der Waals surface area (Å²) in [6.45, 7) is 2.86. The summed E-state index contributed by atoms with van der Waals surface area (Å²) >= 11 is 0. The van der Waals surface area contributed by atoms with E-state index in [2.05, 4.69) is 16.0 Å². The maximum atomic E-state index is 11.0. The molecule has 0 spiro atoms. The highest BCUT2D eigenvalue weighted by atomic mass is 16.5. The number of hydrogen-bond acceptors (Lipinski definition) is 3. The summed E-state index contributed by atoms with van der Waals surface area (Å²) in [6.07, 6.45) is 0.